The van der Waals surface area contributed by atoms with Crippen LogP contribution < -0.4 is 5.32 Å². The molecule has 2 nitrogen and oxygen atoms in total. The quantitative estimate of drug-likeness (QED) is 0.602. The number of halogens is 1. The summed E-state index contributed by atoms with van der Waals surface area (Å²) in [4.78, 5) is 12.4. The molecule has 2 aliphatic carbocycles. The Morgan fingerprint density at radius 3 is 2.17 bits per heavy atom. The maximum absolute atomic E-state index is 12.4. The van der Waals surface area contributed by atoms with Gasteiger partial charge in [0.05, 0.1) is 5.38 Å². The minimum absolute atomic E-state index is 0.112. The summed E-state index contributed by atoms with van der Waals surface area (Å²) in [7, 11) is 0. The summed E-state index contributed by atoms with van der Waals surface area (Å²) in [6.45, 7) is 8.73. The maximum Gasteiger partial charge on any atom is 0.224 e. The van der Waals surface area contributed by atoms with Crippen molar-refractivity contribution in [2.24, 2.45) is 16.7 Å². The number of carbonyl (C=O) groups is 1. The molecule has 1 N–H and O–H groups in total. The molecule has 18 heavy (non-hydrogen) atoms. The van der Waals surface area contributed by atoms with Crippen molar-refractivity contribution in [3.05, 3.63) is 0 Å². The lowest BCUT2D eigenvalue weighted by molar-refractivity contribution is -0.124. The molecule has 3 heteroatoms. The molecule has 2 saturated carbocycles. The molecule has 104 valence electrons. The largest absolute Gasteiger partial charge is 0.352 e. The van der Waals surface area contributed by atoms with Crippen molar-refractivity contribution < 1.29 is 4.79 Å². The molecule has 2 unspecified atom stereocenters. The van der Waals surface area contributed by atoms with Crippen LogP contribution in [0.4, 0.5) is 0 Å². The van der Waals surface area contributed by atoms with Gasteiger partial charge in [-0.15, -0.1) is 11.6 Å². The van der Waals surface area contributed by atoms with Crippen LogP contribution in [0.5, 0.6) is 0 Å². The van der Waals surface area contributed by atoms with E-state index in [0.717, 1.165) is 12.8 Å². The van der Waals surface area contributed by atoms with Crippen molar-refractivity contribution in [1.82, 2.24) is 5.32 Å². The third-order valence-electron chi connectivity index (χ3n) is 5.54. The normalized spacial score (nSPS) is 34.7. The Balaban J connectivity index is 1.96. The highest BCUT2D eigenvalue weighted by molar-refractivity contribution is 6.21. The summed E-state index contributed by atoms with van der Waals surface area (Å²) in [5, 5.41) is 3.32. The molecule has 0 aromatic heterocycles. The Kier molecular flexibility index (Phi) is 3.70. The van der Waals surface area contributed by atoms with Crippen LogP contribution in [0.3, 0.4) is 0 Å². The van der Waals surface area contributed by atoms with Gasteiger partial charge < -0.3 is 5.32 Å². The van der Waals surface area contributed by atoms with Gasteiger partial charge in [-0.3, -0.25) is 4.79 Å². The standard InChI is InChI=1S/C15H26ClNO/c1-14(2)12(15(14,3)4)13(18)17-11-9-7-5-6-8-10(11)16/h10-12H,5-9H2,1-4H3,(H,17,18). The van der Waals surface area contributed by atoms with Gasteiger partial charge in [-0.05, 0) is 23.7 Å². The van der Waals surface area contributed by atoms with E-state index in [-0.39, 0.29) is 34.1 Å². The fourth-order valence-corrected chi connectivity index (χ4v) is 3.89. The topological polar surface area (TPSA) is 29.1 Å². The van der Waals surface area contributed by atoms with Crippen molar-refractivity contribution in [3.63, 3.8) is 0 Å². The highest BCUT2D eigenvalue weighted by Gasteiger charge is 2.68. The first-order chi connectivity index (χ1) is 8.28. The molecule has 0 aliphatic heterocycles. The molecule has 1 amide bonds. The van der Waals surface area contributed by atoms with Gasteiger partial charge in [-0.25, -0.2) is 0 Å². The number of hydrogen-bond donors (Lipinski definition) is 1. The highest BCUT2D eigenvalue weighted by Crippen LogP contribution is 2.68. The van der Waals surface area contributed by atoms with Gasteiger partial charge >= 0.3 is 0 Å². The number of carbonyl (C=O) groups excluding carboxylic acids is 1. The summed E-state index contributed by atoms with van der Waals surface area (Å²) in [6.07, 6.45) is 5.69. The van der Waals surface area contributed by atoms with Crippen LogP contribution in [0.25, 0.3) is 0 Å². The van der Waals surface area contributed by atoms with E-state index in [1.165, 1.54) is 19.3 Å². The van der Waals surface area contributed by atoms with Crippen molar-refractivity contribution in [2.75, 3.05) is 0 Å². The van der Waals surface area contributed by atoms with Gasteiger partial charge in [0, 0.05) is 12.0 Å². The zero-order valence-electron chi connectivity index (χ0n) is 12.1. The van der Waals surface area contributed by atoms with E-state index in [9.17, 15) is 4.79 Å². The van der Waals surface area contributed by atoms with Crippen LogP contribution in [-0.4, -0.2) is 17.3 Å². The predicted octanol–water partition coefficient (Wildman–Crippen LogP) is 3.72. The molecule has 0 spiro atoms. The van der Waals surface area contributed by atoms with E-state index in [1.54, 1.807) is 0 Å². The molecule has 0 aromatic rings. The van der Waals surface area contributed by atoms with Crippen LogP contribution >= 0.6 is 11.6 Å². The van der Waals surface area contributed by atoms with Gasteiger partial charge in [-0.1, -0.05) is 47.0 Å². The van der Waals surface area contributed by atoms with Gasteiger partial charge in [0.15, 0.2) is 0 Å². The molecule has 0 radical (unpaired) electrons. The van der Waals surface area contributed by atoms with Crippen molar-refractivity contribution in [1.29, 1.82) is 0 Å². The molecule has 2 fully saturated rings. The van der Waals surface area contributed by atoms with E-state index in [4.69, 9.17) is 11.6 Å². The number of nitrogens with one attached hydrogen (secondary N) is 1. The minimum Gasteiger partial charge on any atom is -0.352 e. The smallest absolute Gasteiger partial charge is 0.224 e. The van der Waals surface area contributed by atoms with Gasteiger partial charge in [0.2, 0.25) is 5.91 Å². The van der Waals surface area contributed by atoms with Crippen LogP contribution in [0.15, 0.2) is 0 Å². The molecular weight excluding hydrogens is 246 g/mol. The molecule has 0 saturated heterocycles. The molecule has 0 aromatic carbocycles. The molecule has 2 rings (SSSR count). The molecule has 0 bridgehead atoms. The predicted molar refractivity (Wildman–Crippen MR) is 75.7 cm³/mol. The van der Waals surface area contributed by atoms with Crippen molar-refractivity contribution in [3.8, 4) is 0 Å². The number of alkyl halides is 1. The fraction of sp³-hybridized carbons (Fsp3) is 0.933. The Morgan fingerprint density at radius 2 is 1.61 bits per heavy atom. The minimum atomic E-state index is 0.112. The second kappa shape index (κ2) is 4.70. The molecule has 0 heterocycles. The van der Waals surface area contributed by atoms with E-state index in [1.807, 2.05) is 0 Å². The van der Waals surface area contributed by atoms with Crippen LogP contribution in [0.1, 0.15) is 59.8 Å². The Bertz CT molecular complexity index is 323. The summed E-state index contributed by atoms with van der Waals surface area (Å²) >= 11 is 6.38. The van der Waals surface area contributed by atoms with Crippen molar-refractivity contribution >= 4 is 17.5 Å². The third kappa shape index (κ3) is 2.29. The number of rotatable bonds is 2. The third-order valence-corrected chi connectivity index (χ3v) is 6.06. The first kappa shape index (κ1) is 14.2. The zero-order valence-corrected chi connectivity index (χ0v) is 12.8. The molecule has 2 atom stereocenters. The summed E-state index contributed by atoms with van der Waals surface area (Å²) in [6, 6.07) is 0.175. The average Bonchev–Trinajstić information content (AvgIpc) is 2.75. The second-order valence-corrected chi connectivity index (χ2v) is 7.71. The van der Waals surface area contributed by atoms with E-state index in [0.29, 0.717) is 0 Å². The second-order valence-electron chi connectivity index (χ2n) is 7.15. The van der Waals surface area contributed by atoms with Gasteiger partial charge in [-0.2, -0.15) is 0 Å². The average molecular weight is 272 g/mol. The first-order valence-electron chi connectivity index (χ1n) is 7.23. The molecule has 2 aliphatic rings. The van der Waals surface area contributed by atoms with Gasteiger partial charge in [0.25, 0.3) is 0 Å². The SMILES string of the molecule is CC1(C)C(C(=O)NC2CCCCCC2Cl)C1(C)C. The van der Waals surface area contributed by atoms with Gasteiger partial charge in [0.1, 0.15) is 0 Å². The molecular formula is C15H26ClNO. The lowest BCUT2D eigenvalue weighted by Crippen LogP contribution is -2.42. The van der Waals surface area contributed by atoms with Crippen molar-refractivity contribution in [2.45, 2.75) is 71.2 Å². The summed E-state index contributed by atoms with van der Waals surface area (Å²) < 4.78 is 0. The lowest BCUT2D eigenvalue weighted by atomic mass is 10.0. The van der Waals surface area contributed by atoms with Crippen LogP contribution in [0.2, 0.25) is 0 Å². The lowest BCUT2D eigenvalue weighted by Gasteiger charge is -2.21. The van der Waals surface area contributed by atoms with Crippen LogP contribution in [-0.2, 0) is 4.79 Å². The highest BCUT2D eigenvalue weighted by atomic mass is 35.5. The monoisotopic (exact) mass is 271 g/mol. The fourth-order valence-electron chi connectivity index (χ4n) is 3.54. The number of hydrogen-bond acceptors (Lipinski definition) is 1. The van der Waals surface area contributed by atoms with E-state index < -0.39 is 0 Å². The number of amides is 1. The van der Waals surface area contributed by atoms with E-state index >= 15 is 0 Å². The Hall–Kier alpha value is -0.240. The Morgan fingerprint density at radius 1 is 1.06 bits per heavy atom. The van der Waals surface area contributed by atoms with Crippen LogP contribution in [0, 0.1) is 16.7 Å². The first-order valence-corrected chi connectivity index (χ1v) is 7.66. The zero-order chi connectivity index (χ0) is 13.6. The maximum atomic E-state index is 12.4. The van der Waals surface area contributed by atoms with E-state index in [2.05, 4.69) is 33.0 Å². The summed E-state index contributed by atoms with van der Waals surface area (Å²) in [5.41, 5.74) is 0.229. The Labute approximate surface area is 116 Å². The summed E-state index contributed by atoms with van der Waals surface area (Å²) in [5.74, 6) is 0.347.